The minimum atomic E-state index is -0.432. The van der Waals surface area contributed by atoms with Crippen molar-refractivity contribution < 1.29 is 19.1 Å². The van der Waals surface area contributed by atoms with Crippen molar-refractivity contribution in [2.75, 3.05) is 19.0 Å². The Morgan fingerprint density at radius 1 is 1.23 bits per heavy atom. The number of amides is 1. The predicted octanol–water partition coefficient (Wildman–Crippen LogP) is 4.74. The Morgan fingerprint density at radius 2 is 2.00 bits per heavy atom. The van der Waals surface area contributed by atoms with Gasteiger partial charge in [0.25, 0.3) is 5.91 Å². The SMILES string of the molecule is COC(=O)c1c(NC(=O)COc2cc(Cl)ccc2Cl)sc2c1CCCC2. The third-order valence-electron chi connectivity index (χ3n) is 4.07. The normalized spacial score (nSPS) is 13.0. The van der Waals surface area contributed by atoms with Crippen molar-refractivity contribution in [3.63, 3.8) is 0 Å². The van der Waals surface area contributed by atoms with Gasteiger partial charge in [0, 0.05) is 16.0 Å². The summed E-state index contributed by atoms with van der Waals surface area (Å²) in [4.78, 5) is 25.6. The highest BCUT2D eigenvalue weighted by Crippen LogP contribution is 2.38. The van der Waals surface area contributed by atoms with Crippen LogP contribution in [0.3, 0.4) is 0 Å². The van der Waals surface area contributed by atoms with Crippen molar-refractivity contribution in [2.45, 2.75) is 25.7 Å². The van der Waals surface area contributed by atoms with Crippen molar-refractivity contribution in [3.8, 4) is 5.75 Å². The number of halogens is 2. The summed E-state index contributed by atoms with van der Waals surface area (Å²) in [7, 11) is 1.34. The van der Waals surface area contributed by atoms with Crippen LogP contribution in [0.2, 0.25) is 10.0 Å². The standard InChI is InChI=1S/C18H17Cl2NO4S/c1-24-18(23)16-11-4-2-3-5-14(11)26-17(16)21-15(22)9-25-13-8-10(19)6-7-12(13)20/h6-8H,2-5,9H2,1H3,(H,21,22). The average molecular weight is 414 g/mol. The van der Waals surface area contributed by atoms with E-state index >= 15 is 0 Å². The van der Waals surface area contributed by atoms with Crippen molar-refractivity contribution in [3.05, 3.63) is 44.2 Å². The third kappa shape index (κ3) is 4.14. The summed E-state index contributed by atoms with van der Waals surface area (Å²) < 4.78 is 10.3. The first-order valence-electron chi connectivity index (χ1n) is 8.10. The predicted molar refractivity (Wildman–Crippen MR) is 103 cm³/mol. The molecule has 0 aliphatic heterocycles. The number of fused-ring (bicyclic) bond motifs is 1. The van der Waals surface area contributed by atoms with Crippen LogP contribution in [-0.4, -0.2) is 25.6 Å². The topological polar surface area (TPSA) is 64.6 Å². The molecule has 0 atom stereocenters. The summed E-state index contributed by atoms with van der Waals surface area (Å²) in [6.07, 6.45) is 3.84. The molecule has 3 rings (SSSR count). The summed E-state index contributed by atoms with van der Waals surface area (Å²) in [6.45, 7) is -0.247. The van der Waals surface area contributed by atoms with Crippen LogP contribution in [0.5, 0.6) is 5.75 Å². The Hall–Kier alpha value is -1.76. The molecule has 1 aromatic carbocycles. The van der Waals surface area contributed by atoms with Gasteiger partial charge in [-0.3, -0.25) is 4.79 Å². The Morgan fingerprint density at radius 3 is 2.77 bits per heavy atom. The lowest BCUT2D eigenvalue weighted by Crippen LogP contribution is -2.21. The van der Waals surface area contributed by atoms with Gasteiger partial charge < -0.3 is 14.8 Å². The second-order valence-electron chi connectivity index (χ2n) is 5.82. The monoisotopic (exact) mass is 413 g/mol. The van der Waals surface area contributed by atoms with Gasteiger partial charge in [-0.05, 0) is 43.4 Å². The number of aryl methyl sites for hydroxylation is 1. The second-order valence-corrected chi connectivity index (χ2v) is 7.77. The molecule has 1 amide bonds. The third-order valence-corrected chi connectivity index (χ3v) is 5.82. The van der Waals surface area contributed by atoms with E-state index in [9.17, 15) is 9.59 Å². The Labute approximate surface area is 165 Å². The van der Waals surface area contributed by atoms with Gasteiger partial charge in [-0.25, -0.2) is 4.79 Å². The zero-order valence-electron chi connectivity index (χ0n) is 14.1. The van der Waals surface area contributed by atoms with Crippen LogP contribution < -0.4 is 10.1 Å². The van der Waals surface area contributed by atoms with E-state index in [0.29, 0.717) is 26.4 Å². The van der Waals surface area contributed by atoms with Crippen LogP contribution in [0, 0.1) is 0 Å². The molecule has 1 heterocycles. The molecule has 0 bridgehead atoms. The van der Waals surface area contributed by atoms with Crippen molar-refractivity contribution in [1.29, 1.82) is 0 Å². The molecular formula is C18H17Cl2NO4S. The van der Waals surface area contributed by atoms with E-state index in [1.165, 1.54) is 18.4 Å². The van der Waals surface area contributed by atoms with Gasteiger partial charge >= 0.3 is 5.97 Å². The fourth-order valence-corrected chi connectivity index (χ4v) is 4.49. The molecule has 0 saturated carbocycles. The number of rotatable bonds is 5. The highest BCUT2D eigenvalue weighted by molar-refractivity contribution is 7.17. The first kappa shape index (κ1) is 19.0. The number of thiophene rings is 1. The summed E-state index contributed by atoms with van der Waals surface area (Å²) in [5, 5.41) is 4.10. The second kappa shape index (κ2) is 8.29. The molecule has 0 fully saturated rings. The molecule has 8 heteroatoms. The first-order chi connectivity index (χ1) is 12.5. The van der Waals surface area contributed by atoms with Crippen LogP contribution in [0.15, 0.2) is 18.2 Å². The highest BCUT2D eigenvalue weighted by atomic mass is 35.5. The van der Waals surface area contributed by atoms with Gasteiger partial charge in [-0.1, -0.05) is 23.2 Å². The van der Waals surface area contributed by atoms with E-state index in [2.05, 4.69) is 5.32 Å². The lowest BCUT2D eigenvalue weighted by molar-refractivity contribution is -0.118. The highest BCUT2D eigenvalue weighted by Gasteiger charge is 2.27. The molecular weight excluding hydrogens is 397 g/mol. The van der Waals surface area contributed by atoms with E-state index in [1.54, 1.807) is 18.2 Å². The zero-order valence-corrected chi connectivity index (χ0v) is 16.4. The van der Waals surface area contributed by atoms with Crippen molar-refractivity contribution in [1.82, 2.24) is 0 Å². The molecule has 0 saturated heterocycles. The quantitative estimate of drug-likeness (QED) is 0.718. The van der Waals surface area contributed by atoms with Crippen molar-refractivity contribution in [2.24, 2.45) is 0 Å². The van der Waals surface area contributed by atoms with E-state index < -0.39 is 5.97 Å². The molecule has 2 aromatic rings. The molecule has 1 aliphatic carbocycles. The molecule has 5 nitrogen and oxygen atoms in total. The maximum atomic E-state index is 12.3. The number of methoxy groups -OCH3 is 1. The Kier molecular flexibility index (Phi) is 6.06. The van der Waals surface area contributed by atoms with Gasteiger partial charge in [0.05, 0.1) is 17.7 Å². The van der Waals surface area contributed by atoms with E-state index in [4.69, 9.17) is 32.7 Å². The Balaban J connectivity index is 1.74. The van der Waals surface area contributed by atoms with Crippen LogP contribution in [0.4, 0.5) is 5.00 Å². The average Bonchev–Trinajstić information content (AvgIpc) is 2.99. The maximum Gasteiger partial charge on any atom is 0.341 e. The molecule has 1 N–H and O–H groups in total. The van der Waals surface area contributed by atoms with Gasteiger partial charge in [-0.15, -0.1) is 11.3 Å². The number of esters is 1. The van der Waals surface area contributed by atoms with Gasteiger partial charge in [0.15, 0.2) is 6.61 Å². The number of hydrogen-bond donors (Lipinski definition) is 1. The van der Waals surface area contributed by atoms with Gasteiger partial charge in [0.1, 0.15) is 10.8 Å². The number of anilines is 1. The molecule has 26 heavy (non-hydrogen) atoms. The zero-order chi connectivity index (χ0) is 18.7. The number of ether oxygens (including phenoxy) is 2. The lowest BCUT2D eigenvalue weighted by atomic mass is 9.95. The van der Waals surface area contributed by atoms with Gasteiger partial charge in [0.2, 0.25) is 0 Å². The first-order valence-corrected chi connectivity index (χ1v) is 9.67. The summed E-state index contributed by atoms with van der Waals surface area (Å²) in [5.41, 5.74) is 1.45. The number of benzene rings is 1. The lowest BCUT2D eigenvalue weighted by Gasteiger charge is -2.12. The smallest absolute Gasteiger partial charge is 0.341 e. The minimum Gasteiger partial charge on any atom is -0.482 e. The molecule has 138 valence electrons. The number of carbonyl (C=O) groups is 2. The number of hydrogen-bond acceptors (Lipinski definition) is 5. The van der Waals surface area contributed by atoms with Gasteiger partial charge in [-0.2, -0.15) is 0 Å². The van der Waals surface area contributed by atoms with Crippen LogP contribution >= 0.6 is 34.5 Å². The fourth-order valence-electron chi connectivity index (χ4n) is 2.87. The maximum absolute atomic E-state index is 12.3. The van der Waals surface area contributed by atoms with Crippen LogP contribution in [0.25, 0.3) is 0 Å². The summed E-state index contributed by atoms with van der Waals surface area (Å²) in [6, 6.07) is 4.77. The molecule has 1 aromatic heterocycles. The van der Waals surface area contributed by atoms with E-state index in [1.807, 2.05) is 0 Å². The van der Waals surface area contributed by atoms with E-state index in [0.717, 1.165) is 36.1 Å². The van der Waals surface area contributed by atoms with Crippen LogP contribution in [-0.2, 0) is 22.4 Å². The summed E-state index contributed by atoms with van der Waals surface area (Å²) >= 11 is 13.3. The summed E-state index contributed by atoms with van der Waals surface area (Å²) in [5.74, 6) is -0.490. The van der Waals surface area contributed by atoms with Crippen LogP contribution in [0.1, 0.15) is 33.6 Å². The van der Waals surface area contributed by atoms with E-state index in [-0.39, 0.29) is 12.5 Å². The largest absolute Gasteiger partial charge is 0.482 e. The molecule has 0 radical (unpaired) electrons. The molecule has 0 spiro atoms. The molecule has 1 aliphatic rings. The number of carbonyl (C=O) groups excluding carboxylic acids is 2. The van der Waals surface area contributed by atoms with Crippen molar-refractivity contribution >= 4 is 51.4 Å². The number of nitrogens with one attached hydrogen (secondary N) is 1. The fraction of sp³-hybridized carbons (Fsp3) is 0.333. The Bertz CT molecular complexity index is 850. The minimum absolute atomic E-state index is 0.247. The molecule has 0 unspecified atom stereocenters.